The molecule has 0 bridgehead atoms. The van der Waals surface area contributed by atoms with Crippen molar-refractivity contribution in [3.05, 3.63) is 76.9 Å². The van der Waals surface area contributed by atoms with E-state index >= 15 is 0 Å². The largest absolute Gasteiger partial charge is 0.491 e. The van der Waals surface area contributed by atoms with Crippen LogP contribution in [0.2, 0.25) is 0 Å². The first-order valence-electron chi connectivity index (χ1n) is 13.0. The molecule has 1 N–H and O–H groups in total. The highest BCUT2D eigenvalue weighted by atomic mass is 16.5. The van der Waals surface area contributed by atoms with Crippen molar-refractivity contribution >= 4 is 5.91 Å². The van der Waals surface area contributed by atoms with Crippen molar-refractivity contribution in [2.75, 3.05) is 19.8 Å². The van der Waals surface area contributed by atoms with E-state index in [9.17, 15) is 4.79 Å². The number of hydrogen-bond acceptors (Lipinski definition) is 6. The Morgan fingerprint density at radius 1 is 1.11 bits per heavy atom. The van der Waals surface area contributed by atoms with E-state index in [1.165, 1.54) is 16.7 Å². The van der Waals surface area contributed by atoms with Crippen LogP contribution in [0.3, 0.4) is 0 Å². The van der Waals surface area contributed by atoms with Gasteiger partial charge in [-0.05, 0) is 73.1 Å². The zero-order valence-corrected chi connectivity index (χ0v) is 20.6. The minimum atomic E-state index is -0.0244. The summed E-state index contributed by atoms with van der Waals surface area (Å²) in [4.78, 5) is 15.3. The Morgan fingerprint density at radius 3 is 2.89 bits per heavy atom. The summed E-state index contributed by atoms with van der Waals surface area (Å²) >= 11 is 0. The molecule has 36 heavy (non-hydrogen) atoms. The van der Waals surface area contributed by atoms with E-state index in [1.54, 1.807) is 0 Å². The maximum absolute atomic E-state index is 12.9. The molecule has 2 aromatic carbocycles. The molecule has 3 aromatic rings. The summed E-state index contributed by atoms with van der Waals surface area (Å²) in [6, 6.07) is 14.4. The number of nitrogens with zero attached hydrogens (tertiary/aromatic N) is 4. The fourth-order valence-electron chi connectivity index (χ4n) is 5.48. The number of rotatable bonds is 7. The smallest absolute Gasteiger partial charge is 0.251 e. The van der Waals surface area contributed by atoms with Gasteiger partial charge in [0, 0.05) is 37.8 Å². The molecule has 1 amide bonds. The van der Waals surface area contributed by atoms with Crippen molar-refractivity contribution in [2.45, 2.75) is 63.9 Å². The second-order valence-electron chi connectivity index (χ2n) is 10.1. The van der Waals surface area contributed by atoms with Gasteiger partial charge in [0.05, 0.1) is 12.6 Å². The van der Waals surface area contributed by atoms with Crippen molar-refractivity contribution in [3.8, 4) is 5.75 Å². The van der Waals surface area contributed by atoms with Crippen LogP contribution in [0.4, 0.5) is 0 Å². The van der Waals surface area contributed by atoms with Crippen LogP contribution in [0, 0.1) is 0 Å². The van der Waals surface area contributed by atoms with E-state index in [0.717, 1.165) is 76.5 Å². The molecular formula is C28H33N5O3. The Labute approximate surface area is 211 Å². The number of carbonyl (C=O) groups is 1. The molecule has 1 saturated heterocycles. The molecule has 3 aliphatic rings. The second-order valence-corrected chi connectivity index (χ2v) is 10.1. The Morgan fingerprint density at radius 2 is 2.03 bits per heavy atom. The molecule has 0 spiro atoms. The molecule has 188 valence electrons. The average Bonchev–Trinajstić information content (AvgIpc) is 3.60. The van der Waals surface area contributed by atoms with Crippen LogP contribution < -0.4 is 10.1 Å². The van der Waals surface area contributed by atoms with Gasteiger partial charge < -0.3 is 19.4 Å². The number of aryl methyl sites for hydroxylation is 1. The first-order chi connectivity index (χ1) is 17.7. The molecule has 0 radical (unpaired) electrons. The van der Waals surface area contributed by atoms with Crippen LogP contribution >= 0.6 is 0 Å². The van der Waals surface area contributed by atoms with Crippen LogP contribution in [0.25, 0.3) is 0 Å². The zero-order chi connectivity index (χ0) is 24.3. The number of benzene rings is 2. The monoisotopic (exact) mass is 487 g/mol. The van der Waals surface area contributed by atoms with Crippen LogP contribution in [-0.2, 0) is 37.2 Å². The van der Waals surface area contributed by atoms with Crippen molar-refractivity contribution in [3.63, 3.8) is 0 Å². The minimum absolute atomic E-state index is 0.0244. The van der Waals surface area contributed by atoms with E-state index in [-0.39, 0.29) is 18.1 Å². The number of aromatic nitrogens is 3. The van der Waals surface area contributed by atoms with E-state index in [2.05, 4.69) is 43.2 Å². The molecule has 1 aliphatic carbocycles. The van der Waals surface area contributed by atoms with Crippen LogP contribution in [0.1, 0.15) is 52.1 Å². The van der Waals surface area contributed by atoms with E-state index < -0.39 is 0 Å². The molecule has 8 nitrogen and oxygen atoms in total. The highest BCUT2D eigenvalue weighted by molar-refractivity contribution is 5.94. The van der Waals surface area contributed by atoms with Crippen molar-refractivity contribution in [1.29, 1.82) is 0 Å². The van der Waals surface area contributed by atoms with Crippen molar-refractivity contribution < 1.29 is 14.3 Å². The first-order valence-corrected chi connectivity index (χ1v) is 13.0. The number of carbonyl (C=O) groups excluding carboxylic acids is 1. The third-order valence-corrected chi connectivity index (χ3v) is 7.53. The zero-order valence-electron chi connectivity index (χ0n) is 20.6. The fourth-order valence-corrected chi connectivity index (χ4v) is 5.48. The van der Waals surface area contributed by atoms with Gasteiger partial charge in [0.15, 0.2) is 0 Å². The summed E-state index contributed by atoms with van der Waals surface area (Å²) in [6.45, 7) is 5.11. The third-order valence-electron chi connectivity index (χ3n) is 7.53. The Hall–Kier alpha value is -3.23. The third kappa shape index (κ3) is 5.29. The van der Waals surface area contributed by atoms with Gasteiger partial charge in [-0.25, -0.2) is 0 Å². The van der Waals surface area contributed by atoms with Crippen molar-refractivity contribution in [2.24, 2.45) is 0 Å². The number of nitrogens with one attached hydrogen (secondary N) is 1. The van der Waals surface area contributed by atoms with E-state index in [4.69, 9.17) is 9.47 Å². The second kappa shape index (κ2) is 10.4. The molecule has 2 atom stereocenters. The lowest BCUT2D eigenvalue weighted by Gasteiger charge is -2.29. The van der Waals surface area contributed by atoms with Gasteiger partial charge in [0.25, 0.3) is 5.91 Å². The SMILES string of the molecule is O=C(N[C@H]1CCc2cc(CN3CCn4cnnc4C3)ccc2C1)c1ccc(OC[C@@H]2CCCO2)cc1. The van der Waals surface area contributed by atoms with Crippen LogP contribution in [0.15, 0.2) is 48.8 Å². The Bertz CT molecular complexity index is 1200. The molecule has 1 fully saturated rings. The topological polar surface area (TPSA) is 81.5 Å². The molecule has 3 heterocycles. The fraction of sp³-hybridized carbons (Fsp3) is 0.464. The first kappa shape index (κ1) is 23.2. The van der Waals surface area contributed by atoms with Gasteiger partial charge in [-0.1, -0.05) is 18.2 Å². The maximum Gasteiger partial charge on any atom is 0.251 e. The minimum Gasteiger partial charge on any atom is -0.491 e. The maximum atomic E-state index is 12.9. The molecule has 1 aromatic heterocycles. The summed E-state index contributed by atoms with van der Waals surface area (Å²) in [5, 5.41) is 11.5. The van der Waals surface area contributed by atoms with Gasteiger partial charge in [-0.3, -0.25) is 9.69 Å². The standard InChI is InChI=1S/C28H33N5O3/c34-28(21-6-9-25(10-7-21)36-18-26-2-1-13-35-26)30-24-8-5-22-14-20(3-4-23(22)15-24)16-32-11-12-33-19-29-31-27(33)17-32/h3-4,6-7,9-10,14,19,24,26H,1-2,5,8,11-13,15-18H2,(H,30,34)/t24-,26-/m0/s1. The average molecular weight is 488 g/mol. The number of fused-ring (bicyclic) bond motifs is 2. The van der Waals surface area contributed by atoms with Gasteiger partial charge >= 0.3 is 0 Å². The van der Waals surface area contributed by atoms with Crippen LogP contribution in [-0.4, -0.2) is 57.5 Å². The van der Waals surface area contributed by atoms with Gasteiger partial charge in [-0.15, -0.1) is 10.2 Å². The molecule has 8 heteroatoms. The Kier molecular flexibility index (Phi) is 6.70. The molecular weight excluding hydrogens is 454 g/mol. The number of amides is 1. The highest BCUT2D eigenvalue weighted by Crippen LogP contribution is 2.25. The summed E-state index contributed by atoms with van der Waals surface area (Å²) < 4.78 is 13.5. The number of ether oxygens (including phenoxy) is 2. The molecule has 2 aliphatic heterocycles. The lowest BCUT2D eigenvalue weighted by atomic mass is 9.87. The molecule has 0 unspecified atom stereocenters. The predicted octanol–water partition coefficient (Wildman–Crippen LogP) is 3.14. The summed E-state index contributed by atoms with van der Waals surface area (Å²) in [6.07, 6.45) is 6.97. The van der Waals surface area contributed by atoms with E-state index in [0.29, 0.717) is 12.2 Å². The van der Waals surface area contributed by atoms with Crippen molar-refractivity contribution in [1.82, 2.24) is 25.0 Å². The van der Waals surface area contributed by atoms with Crippen LogP contribution in [0.5, 0.6) is 5.75 Å². The highest BCUT2D eigenvalue weighted by Gasteiger charge is 2.23. The summed E-state index contributed by atoms with van der Waals surface area (Å²) in [5.74, 6) is 1.79. The summed E-state index contributed by atoms with van der Waals surface area (Å²) in [5.41, 5.74) is 4.75. The normalized spacial score (nSPS) is 21.6. The van der Waals surface area contributed by atoms with Gasteiger partial charge in [0.1, 0.15) is 24.5 Å². The van der Waals surface area contributed by atoms with Gasteiger partial charge in [-0.2, -0.15) is 0 Å². The number of hydrogen-bond donors (Lipinski definition) is 1. The molecule has 6 rings (SSSR count). The lowest BCUT2D eigenvalue weighted by molar-refractivity contribution is 0.0679. The quantitative estimate of drug-likeness (QED) is 0.552. The molecule has 0 saturated carbocycles. The predicted molar refractivity (Wildman–Crippen MR) is 135 cm³/mol. The van der Waals surface area contributed by atoms with E-state index in [1.807, 2.05) is 30.6 Å². The lowest BCUT2D eigenvalue weighted by Crippen LogP contribution is -2.39. The Balaban J connectivity index is 1.01. The van der Waals surface area contributed by atoms with Gasteiger partial charge in [0.2, 0.25) is 0 Å². The summed E-state index contributed by atoms with van der Waals surface area (Å²) in [7, 11) is 0.